The van der Waals surface area contributed by atoms with E-state index < -0.39 is 0 Å². The van der Waals surface area contributed by atoms with Crippen molar-refractivity contribution in [1.29, 1.82) is 0 Å². The molecule has 3 aliphatic rings. The second-order valence-corrected chi connectivity index (χ2v) is 6.57. The first-order valence-corrected chi connectivity index (χ1v) is 7.45. The number of nitrogens with zero attached hydrogens (tertiary/aromatic N) is 3. The van der Waals surface area contributed by atoms with Crippen molar-refractivity contribution in [2.24, 2.45) is 5.92 Å². The molecule has 0 amide bonds. The second kappa shape index (κ2) is 3.80. The second-order valence-electron chi connectivity index (χ2n) is 6.57. The third-order valence-corrected chi connectivity index (χ3v) is 5.10. The summed E-state index contributed by atoms with van der Waals surface area (Å²) >= 11 is 0. The molecule has 2 heterocycles. The van der Waals surface area contributed by atoms with E-state index in [1.54, 1.807) is 0 Å². The van der Waals surface area contributed by atoms with Crippen LogP contribution >= 0.6 is 0 Å². The summed E-state index contributed by atoms with van der Waals surface area (Å²) in [5, 5.41) is 12.8. The molecule has 4 heteroatoms. The minimum absolute atomic E-state index is 0.288. The SMILES string of the molecule is CC1(c2nnc3n2CCNC3C2CC2)CCCC1. The molecule has 4 rings (SSSR count). The summed E-state index contributed by atoms with van der Waals surface area (Å²) in [6, 6.07) is 0.477. The van der Waals surface area contributed by atoms with Crippen LogP contribution in [0.5, 0.6) is 0 Å². The van der Waals surface area contributed by atoms with Gasteiger partial charge < -0.3 is 9.88 Å². The van der Waals surface area contributed by atoms with Gasteiger partial charge >= 0.3 is 0 Å². The quantitative estimate of drug-likeness (QED) is 0.869. The molecule has 4 nitrogen and oxygen atoms in total. The highest BCUT2D eigenvalue weighted by molar-refractivity contribution is 5.16. The molecule has 0 bridgehead atoms. The van der Waals surface area contributed by atoms with E-state index in [0.29, 0.717) is 6.04 Å². The maximum atomic E-state index is 4.58. The molecular weight excluding hydrogens is 224 g/mol. The average Bonchev–Trinajstić information content (AvgIpc) is 2.97. The van der Waals surface area contributed by atoms with Crippen LogP contribution in [0.25, 0.3) is 0 Å². The molecule has 2 saturated carbocycles. The van der Waals surface area contributed by atoms with Crippen LogP contribution in [-0.2, 0) is 12.0 Å². The lowest BCUT2D eigenvalue weighted by atomic mass is 9.87. The van der Waals surface area contributed by atoms with Crippen molar-refractivity contribution >= 4 is 0 Å². The van der Waals surface area contributed by atoms with E-state index in [9.17, 15) is 0 Å². The van der Waals surface area contributed by atoms with Gasteiger partial charge in [0.25, 0.3) is 0 Å². The van der Waals surface area contributed by atoms with Gasteiger partial charge in [0.1, 0.15) is 5.82 Å². The van der Waals surface area contributed by atoms with Crippen molar-refractivity contribution in [2.75, 3.05) is 6.54 Å². The highest BCUT2D eigenvalue weighted by Crippen LogP contribution is 2.44. The van der Waals surface area contributed by atoms with Crippen LogP contribution in [-0.4, -0.2) is 21.3 Å². The third kappa shape index (κ3) is 1.54. The van der Waals surface area contributed by atoms with Gasteiger partial charge in [-0.3, -0.25) is 0 Å². The predicted molar refractivity (Wildman–Crippen MR) is 69.3 cm³/mol. The zero-order chi connectivity index (χ0) is 12.2. The van der Waals surface area contributed by atoms with Crippen molar-refractivity contribution < 1.29 is 0 Å². The molecule has 1 aromatic heterocycles. The van der Waals surface area contributed by atoms with Crippen LogP contribution in [0.2, 0.25) is 0 Å². The number of fused-ring (bicyclic) bond motifs is 1. The van der Waals surface area contributed by atoms with Crippen LogP contribution in [0.15, 0.2) is 0 Å². The molecule has 2 fully saturated rings. The Hall–Kier alpha value is -0.900. The van der Waals surface area contributed by atoms with Crippen LogP contribution in [0.3, 0.4) is 0 Å². The highest BCUT2D eigenvalue weighted by Gasteiger charge is 2.41. The monoisotopic (exact) mass is 246 g/mol. The first-order chi connectivity index (χ1) is 8.78. The maximum Gasteiger partial charge on any atom is 0.150 e. The molecule has 1 aromatic rings. The minimum atomic E-state index is 0.288. The number of aromatic nitrogens is 3. The first kappa shape index (κ1) is 11.0. The van der Waals surface area contributed by atoms with Crippen LogP contribution < -0.4 is 5.32 Å². The Kier molecular flexibility index (Phi) is 2.31. The lowest BCUT2D eigenvalue weighted by Crippen LogP contribution is -2.37. The van der Waals surface area contributed by atoms with Gasteiger partial charge in [-0.05, 0) is 31.6 Å². The molecule has 1 N–H and O–H groups in total. The Morgan fingerprint density at radius 2 is 2.00 bits per heavy atom. The number of nitrogens with one attached hydrogen (secondary N) is 1. The third-order valence-electron chi connectivity index (χ3n) is 5.10. The standard InChI is InChI=1S/C14H22N4/c1-14(6-2-3-7-14)13-17-16-12-11(10-4-5-10)15-8-9-18(12)13/h10-11,15H,2-9H2,1H3. The Morgan fingerprint density at radius 3 is 2.72 bits per heavy atom. The zero-order valence-corrected chi connectivity index (χ0v) is 11.2. The fraction of sp³-hybridized carbons (Fsp3) is 0.857. The van der Waals surface area contributed by atoms with E-state index in [1.807, 2.05) is 0 Å². The molecule has 0 aromatic carbocycles. The predicted octanol–water partition coefficient (Wildman–Crippen LogP) is 2.16. The Bertz CT molecular complexity index is 454. The minimum Gasteiger partial charge on any atom is -0.312 e. The highest BCUT2D eigenvalue weighted by atomic mass is 15.3. The van der Waals surface area contributed by atoms with Crippen LogP contribution in [0, 0.1) is 5.92 Å². The van der Waals surface area contributed by atoms with Gasteiger partial charge in [0, 0.05) is 18.5 Å². The Morgan fingerprint density at radius 1 is 1.22 bits per heavy atom. The molecule has 18 heavy (non-hydrogen) atoms. The van der Waals surface area contributed by atoms with Crippen molar-refractivity contribution in [1.82, 2.24) is 20.1 Å². The van der Waals surface area contributed by atoms with E-state index in [1.165, 1.54) is 50.2 Å². The lowest BCUT2D eigenvalue weighted by molar-refractivity contribution is 0.355. The van der Waals surface area contributed by atoms with Crippen LogP contribution in [0.4, 0.5) is 0 Å². The topological polar surface area (TPSA) is 42.7 Å². The fourth-order valence-corrected chi connectivity index (χ4v) is 3.82. The molecule has 0 spiro atoms. The molecular formula is C14H22N4. The van der Waals surface area contributed by atoms with Gasteiger partial charge in [0.15, 0.2) is 5.82 Å². The summed E-state index contributed by atoms with van der Waals surface area (Å²) in [7, 11) is 0. The Labute approximate surface area is 108 Å². The lowest BCUT2D eigenvalue weighted by Gasteiger charge is -2.29. The van der Waals surface area contributed by atoms with E-state index in [2.05, 4.69) is 27.0 Å². The van der Waals surface area contributed by atoms with E-state index in [0.717, 1.165) is 19.0 Å². The fourth-order valence-electron chi connectivity index (χ4n) is 3.82. The largest absolute Gasteiger partial charge is 0.312 e. The summed E-state index contributed by atoms with van der Waals surface area (Å²) in [6.07, 6.45) is 7.99. The molecule has 98 valence electrons. The van der Waals surface area contributed by atoms with Crippen molar-refractivity contribution in [2.45, 2.75) is 63.5 Å². The van der Waals surface area contributed by atoms with E-state index >= 15 is 0 Å². The molecule has 1 atom stereocenters. The van der Waals surface area contributed by atoms with Gasteiger partial charge in [-0.1, -0.05) is 19.8 Å². The summed E-state index contributed by atoms with van der Waals surface area (Å²) in [5.41, 5.74) is 0.288. The summed E-state index contributed by atoms with van der Waals surface area (Å²) in [5.74, 6) is 3.30. The van der Waals surface area contributed by atoms with Gasteiger partial charge in [0.05, 0.1) is 6.04 Å². The summed E-state index contributed by atoms with van der Waals surface area (Å²) in [6.45, 7) is 4.51. The average molecular weight is 246 g/mol. The summed E-state index contributed by atoms with van der Waals surface area (Å²) < 4.78 is 2.44. The van der Waals surface area contributed by atoms with Crippen molar-refractivity contribution in [3.05, 3.63) is 11.6 Å². The Balaban J connectivity index is 1.73. The van der Waals surface area contributed by atoms with Crippen LogP contribution in [0.1, 0.15) is 63.1 Å². The van der Waals surface area contributed by atoms with E-state index in [-0.39, 0.29) is 5.41 Å². The maximum absolute atomic E-state index is 4.58. The van der Waals surface area contributed by atoms with Gasteiger partial charge in [0.2, 0.25) is 0 Å². The number of hydrogen-bond acceptors (Lipinski definition) is 3. The first-order valence-electron chi connectivity index (χ1n) is 7.45. The summed E-state index contributed by atoms with van der Waals surface area (Å²) in [4.78, 5) is 0. The molecule has 1 aliphatic heterocycles. The van der Waals surface area contributed by atoms with E-state index in [4.69, 9.17) is 0 Å². The van der Waals surface area contributed by atoms with Gasteiger partial charge in [-0.2, -0.15) is 0 Å². The molecule has 0 radical (unpaired) electrons. The van der Waals surface area contributed by atoms with Crippen molar-refractivity contribution in [3.8, 4) is 0 Å². The zero-order valence-electron chi connectivity index (χ0n) is 11.2. The smallest absolute Gasteiger partial charge is 0.150 e. The normalized spacial score (nSPS) is 30.4. The number of hydrogen-bond donors (Lipinski definition) is 1. The molecule has 1 unspecified atom stereocenters. The van der Waals surface area contributed by atoms with Crippen molar-refractivity contribution in [3.63, 3.8) is 0 Å². The van der Waals surface area contributed by atoms with Gasteiger partial charge in [-0.15, -0.1) is 10.2 Å². The van der Waals surface area contributed by atoms with Gasteiger partial charge in [-0.25, -0.2) is 0 Å². The molecule has 2 aliphatic carbocycles. The molecule has 0 saturated heterocycles. The number of rotatable bonds is 2.